The molecule has 2 rings (SSSR count). The molecule has 1 N–H and O–H groups in total. The van der Waals surface area contributed by atoms with Crippen LogP contribution in [0.15, 0.2) is 0 Å². The molecular formula is C15H29N. The second-order valence-corrected chi connectivity index (χ2v) is 6.48. The molecule has 2 aliphatic carbocycles. The van der Waals surface area contributed by atoms with Gasteiger partial charge in [0.05, 0.1) is 0 Å². The van der Waals surface area contributed by atoms with E-state index in [-0.39, 0.29) is 0 Å². The van der Waals surface area contributed by atoms with Crippen LogP contribution >= 0.6 is 0 Å². The maximum Gasteiger partial charge on any atom is 0.0100 e. The first-order valence-corrected chi connectivity index (χ1v) is 7.44. The Morgan fingerprint density at radius 1 is 0.875 bits per heavy atom. The molecule has 0 aromatic rings. The SMILES string of the molecule is CC(C)C1CCCCC1NC1CCCC1C. The Kier molecular flexibility index (Phi) is 4.29. The van der Waals surface area contributed by atoms with Crippen molar-refractivity contribution in [3.63, 3.8) is 0 Å². The third-order valence-electron chi connectivity index (χ3n) is 4.97. The van der Waals surface area contributed by atoms with E-state index in [4.69, 9.17) is 0 Å². The van der Waals surface area contributed by atoms with Gasteiger partial charge in [-0.3, -0.25) is 0 Å². The highest BCUT2D eigenvalue weighted by Crippen LogP contribution is 2.33. The van der Waals surface area contributed by atoms with Crippen molar-refractivity contribution >= 4 is 0 Å². The quantitative estimate of drug-likeness (QED) is 0.763. The van der Waals surface area contributed by atoms with Crippen LogP contribution in [-0.2, 0) is 0 Å². The molecule has 1 nitrogen and oxygen atoms in total. The first-order chi connectivity index (χ1) is 7.68. The first-order valence-electron chi connectivity index (χ1n) is 7.44. The highest BCUT2D eigenvalue weighted by molar-refractivity contribution is 4.89. The number of hydrogen-bond acceptors (Lipinski definition) is 1. The van der Waals surface area contributed by atoms with Crippen LogP contribution in [0.2, 0.25) is 0 Å². The molecule has 0 amide bonds. The molecule has 2 aliphatic rings. The fraction of sp³-hybridized carbons (Fsp3) is 1.00. The second kappa shape index (κ2) is 5.53. The average Bonchev–Trinajstić information content (AvgIpc) is 2.65. The minimum Gasteiger partial charge on any atom is -0.311 e. The minimum absolute atomic E-state index is 0.819. The van der Waals surface area contributed by atoms with Crippen LogP contribution in [0, 0.1) is 17.8 Å². The van der Waals surface area contributed by atoms with E-state index >= 15 is 0 Å². The molecule has 0 aliphatic heterocycles. The number of hydrogen-bond donors (Lipinski definition) is 1. The highest BCUT2D eigenvalue weighted by Gasteiger charge is 2.31. The summed E-state index contributed by atoms with van der Waals surface area (Å²) in [5, 5.41) is 4.00. The van der Waals surface area contributed by atoms with Gasteiger partial charge in [0.25, 0.3) is 0 Å². The lowest BCUT2D eigenvalue weighted by molar-refractivity contribution is 0.184. The first kappa shape index (κ1) is 12.4. The summed E-state index contributed by atoms with van der Waals surface area (Å²) in [6.07, 6.45) is 10.1. The van der Waals surface area contributed by atoms with Gasteiger partial charge < -0.3 is 5.32 Å². The van der Waals surface area contributed by atoms with Gasteiger partial charge in [0, 0.05) is 12.1 Å². The average molecular weight is 223 g/mol. The maximum atomic E-state index is 4.00. The largest absolute Gasteiger partial charge is 0.311 e. The maximum absolute atomic E-state index is 4.00. The molecule has 0 heterocycles. The van der Waals surface area contributed by atoms with Crippen molar-refractivity contribution in [3.8, 4) is 0 Å². The Hall–Kier alpha value is -0.0400. The fourth-order valence-electron chi connectivity index (χ4n) is 3.83. The zero-order chi connectivity index (χ0) is 11.5. The molecule has 0 bridgehead atoms. The van der Waals surface area contributed by atoms with E-state index in [9.17, 15) is 0 Å². The second-order valence-electron chi connectivity index (χ2n) is 6.48. The van der Waals surface area contributed by atoms with Gasteiger partial charge in [-0.05, 0) is 43.4 Å². The van der Waals surface area contributed by atoms with Crippen molar-refractivity contribution < 1.29 is 0 Å². The summed E-state index contributed by atoms with van der Waals surface area (Å²) in [7, 11) is 0. The van der Waals surface area contributed by atoms with Crippen LogP contribution in [0.3, 0.4) is 0 Å². The molecule has 16 heavy (non-hydrogen) atoms. The van der Waals surface area contributed by atoms with E-state index in [1.165, 1.54) is 44.9 Å². The zero-order valence-electron chi connectivity index (χ0n) is 11.3. The summed E-state index contributed by atoms with van der Waals surface area (Å²) in [5.41, 5.74) is 0. The third-order valence-corrected chi connectivity index (χ3v) is 4.97. The summed E-state index contributed by atoms with van der Waals surface area (Å²) in [4.78, 5) is 0. The van der Waals surface area contributed by atoms with Crippen molar-refractivity contribution in [2.45, 2.75) is 77.8 Å². The molecule has 0 spiro atoms. The smallest absolute Gasteiger partial charge is 0.0100 e. The molecular weight excluding hydrogens is 194 g/mol. The van der Waals surface area contributed by atoms with Gasteiger partial charge in [0.15, 0.2) is 0 Å². The Balaban J connectivity index is 1.90. The van der Waals surface area contributed by atoms with Gasteiger partial charge in [-0.25, -0.2) is 0 Å². The highest BCUT2D eigenvalue weighted by atomic mass is 15.0. The molecule has 2 fully saturated rings. The van der Waals surface area contributed by atoms with Crippen molar-refractivity contribution in [1.29, 1.82) is 0 Å². The summed E-state index contributed by atoms with van der Waals surface area (Å²) in [6, 6.07) is 1.64. The molecule has 4 unspecified atom stereocenters. The van der Waals surface area contributed by atoms with Crippen molar-refractivity contribution in [1.82, 2.24) is 5.32 Å². The van der Waals surface area contributed by atoms with E-state index in [1.54, 1.807) is 0 Å². The van der Waals surface area contributed by atoms with Crippen molar-refractivity contribution in [2.24, 2.45) is 17.8 Å². The standard InChI is InChI=1S/C15H29N/c1-11(2)13-8-4-5-9-15(13)16-14-10-6-7-12(14)3/h11-16H,4-10H2,1-3H3. The molecule has 0 aromatic carbocycles. The van der Waals surface area contributed by atoms with Crippen LogP contribution in [0.1, 0.15) is 65.7 Å². The van der Waals surface area contributed by atoms with Gasteiger partial charge in [-0.15, -0.1) is 0 Å². The van der Waals surface area contributed by atoms with Crippen molar-refractivity contribution in [3.05, 3.63) is 0 Å². The third kappa shape index (κ3) is 2.80. The van der Waals surface area contributed by atoms with E-state index in [1.807, 2.05) is 0 Å². The van der Waals surface area contributed by atoms with E-state index in [0.717, 1.165) is 29.8 Å². The van der Waals surface area contributed by atoms with Gasteiger partial charge in [0.1, 0.15) is 0 Å². The molecule has 2 saturated carbocycles. The summed E-state index contributed by atoms with van der Waals surface area (Å²) >= 11 is 0. The molecule has 0 aromatic heterocycles. The molecule has 0 saturated heterocycles. The number of rotatable bonds is 3. The van der Waals surface area contributed by atoms with Crippen LogP contribution in [0.5, 0.6) is 0 Å². The van der Waals surface area contributed by atoms with Crippen LogP contribution in [-0.4, -0.2) is 12.1 Å². The van der Waals surface area contributed by atoms with Crippen molar-refractivity contribution in [2.75, 3.05) is 0 Å². The summed E-state index contributed by atoms with van der Waals surface area (Å²) in [5.74, 6) is 2.70. The van der Waals surface area contributed by atoms with E-state index in [0.29, 0.717) is 0 Å². The Morgan fingerprint density at radius 3 is 2.19 bits per heavy atom. The lowest BCUT2D eigenvalue weighted by atomic mass is 9.77. The summed E-state index contributed by atoms with van der Waals surface area (Å²) < 4.78 is 0. The fourth-order valence-corrected chi connectivity index (χ4v) is 3.83. The summed E-state index contributed by atoms with van der Waals surface area (Å²) in [6.45, 7) is 7.24. The van der Waals surface area contributed by atoms with Gasteiger partial charge in [-0.1, -0.05) is 40.0 Å². The van der Waals surface area contributed by atoms with Crippen LogP contribution in [0.4, 0.5) is 0 Å². The normalized spacial score (nSPS) is 40.5. The lowest BCUT2D eigenvalue weighted by Crippen LogP contribution is -2.46. The Labute approximate surface area is 101 Å². The predicted octanol–water partition coefficient (Wildman–Crippen LogP) is 3.98. The van der Waals surface area contributed by atoms with Gasteiger partial charge in [-0.2, -0.15) is 0 Å². The van der Waals surface area contributed by atoms with E-state index < -0.39 is 0 Å². The molecule has 4 atom stereocenters. The minimum atomic E-state index is 0.819. The molecule has 0 radical (unpaired) electrons. The van der Waals surface area contributed by atoms with Gasteiger partial charge in [0.2, 0.25) is 0 Å². The van der Waals surface area contributed by atoms with Crippen LogP contribution in [0.25, 0.3) is 0 Å². The zero-order valence-corrected chi connectivity index (χ0v) is 11.3. The van der Waals surface area contributed by atoms with Crippen LogP contribution < -0.4 is 5.32 Å². The molecule has 1 heteroatoms. The number of nitrogens with one attached hydrogen (secondary N) is 1. The van der Waals surface area contributed by atoms with E-state index in [2.05, 4.69) is 26.1 Å². The van der Waals surface area contributed by atoms with Gasteiger partial charge >= 0.3 is 0 Å². The molecule has 94 valence electrons. The Morgan fingerprint density at radius 2 is 1.56 bits per heavy atom. The topological polar surface area (TPSA) is 12.0 Å². The lowest BCUT2D eigenvalue weighted by Gasteiger charge is -2.37. The monoisotopic (exact) mass is 223 g/mol. The predicted molar refractivity (Wildman–Crippen MR) is 70.5 cm³/mol. The Bertz CT molecular complexity index is 211.